The molecule has 1 aromatic heterocycles. The zero-order valence-electron chi connectivity index (χ0n) is 17.8. The zero-order valence-corrected chi connectivity index (χ0v) is 18.5. The quantitative estimate of drug-likeness (QED) is 0.568. The summed E-state index contributed by atoms with van der Waals surface area (Å²) in [6.45, 7) is 4.29. The number of likely N-dealkylation sites (N-methyl/N-ethyl adjacent to an activating group) is 1. The van der Waals surface area contributed by atoms with Gasteiger partial charge in [0, 0.05) is 28.9 Å². The van der Waals surface area contributed by atoms with Crippen LogP contribution in [0.25, 0.3) is 11.0 Å². The van der Waals surface area contributed by atoms with Crippen molar-refractivity contribution in [3.8, 4) is 0 Å². The molecule has 0 aliphatic rings. The van der Waals surface area contributed by atoms with Gasteiger partial charge >= 0.3 is 5.63 Å². The summed E-state index contributed by atoms with van der Waals surface area (Å²) in [6, 6.07) is 13.4. The van der Waals surface area contributed by atoms with Gasteiger partial charge in [-0.3, -0.25) is 4.79 Å². The molecule has 2 aromatic carbocycles. The van der Waals surface area contributed by atoms with E-state index >= 15 is 0 Å². The summed E-state index contributed by atoms with van der Waals surface area (Å²) in [7, 11) is 3.90. The van der Waals surface area contributed by atoms with Crippen molar-refractivity contribution in [2.45, 2.75) is 32.7 Å². The Hall–Kier alpha value is -2.63. The Morgan fingerprint density at radius 3 is 2.60 bits per heavy atom. The fourth-order valence-corrected chi connectivity index (χ4v) is 3.91. The highest BCUT2D eigenvalue weighted by Gasteiger charge is 2.18. The van der Waals surface area contributed by atoms with E-state index in [1.54, 1.807) is 0 Å². The third-order valence-corrected chi connectivity index (χ3v) is 5.77. The van der Waals surface area contributed by atoms with E-state index in [0.29, 0.717) is 29.1 Å². The number of amides is 1. The standard InChI is InChI=1S/C24H27ClN2O3/c1-15-9-10-17-16(2)18(24(29)30-22(17)13-15)11-12-23(28)26-14-21(27(3)4)19-7-5-6-8-20(19)25/h5-10,13,21H,11-12,14H2,1-4H3,(H,26,28). The lowest BCUT2D eigenvalue weighted by Crippen LogP contribution is -2.35. The first-order chi connectivity index (χ1) is 14.3. The van der Waals surface area contributed by atoms with E-state index in [9.17, 15) is 9.59 Å². The number of carbonyl (C=O) groups is 1. The first-order valence-electron chi connectivity index (χ1n) is 9.98. The minimum Gasteiger partial charge on any atom is -0.423 e. The molecule has 5 nitrogen and oxygen atoms in total. The van der Waals surface area contributed by atoms with E-state index < -0.39 is 0 Å². The molecule has 0 fully saturated rings. The van der Waals surface area contributed by atoms with Crippen molar-refractivity contribution in [3.05, 3.63) is 80.2 Å². The maximum atomic E-state index is 12.5. The summed E-state index contributed by atoms with van der Waals surface area (Å²) < 4.78 is 5.48. The molecule has 0 saturated heterocycles. The molecule has 0 saturated carbocycles. The van der Waals surface area contributed by atoms with Crippen molar-refractivity contribution in [3.63, 3.8) is 0 Å². The van der Waals surface area contributed by atoms with Gasteiger partial charge in [-0.25, -0.2) is 4.79 Å². The van der Waals surface area contributed by atoms with Crippen molar-refractivity contribution in [2.24, 2.45) is 0 Å². The number of hydrogen-bond acceptors (Lipinski definition) is 4. The maximum absolute atomic E-state index is 12.5. The van der Waals surface area contributed by atoms with Crippen molar-refractivity contribution < 1.29 is 9.21 Å². The van der Waals surface area contributed by atoms with Gasteiger partial charge in [-0.1, -0.05) is 41.9 Å². The fourth-order valence-electron chi connectivity index (χ4n) is 3.64. The largest absolute Gasteiger partial charge is 0.423 e. The fraction of sp³-hybridized carbons (Fsp3) is 0.333. The molecule has 0 aliphatic carbocycles. The Balaban J connectivity index is 1.68. The Labute approximate surface area is 181 Å². The maximum Gasteiger partial charge on any atom is 0.339 e. The van der Waals surface area contributed by atoms with E-state index in [4.69, 9.17) is 16.0 Å². The molecule has 0 bridgehead atoms. The second-order valence-corrected chi connectivity index (χ2v) is 8.20. The molecule has 158 valence electrons. The minimum absolute atomic E-state index is 0.0432. The molecular weight excluding hydrogens is 400 g/mol. The second kappa shape index (κ2) is 9.45. The molecule has 0 aliphatic heterocycles. The summed E-state index contributed by atoms with van der Waals surface area (Å²) in [4.78, 5) is 27.0. The topological polar surface area (TPSA) is 62.6 Å². The smallest absolute Gasteiger partial charge is 0.339 e. The number of halogens is 1. The van der Waals surface area contributed by atoms with Crippen LogP contribution in [0.15, 0.2) is 51.7 Å². The van der Waals surface area contributed by atoms with E-state index in [1.807, 2.05) is 75.3 Å². The van der Waals surface area contributed by atoms with Gasteiger partial charge in [-0.15, -0.1) is 0 Å². The number of fused-ring (bicyclic) bond motifs is 1. The number of hydrogen-bond donors (Lipinski definition) is 1. The third-order valence-electron chi connectivity index (χ3n) is 5.43. The van der Waals surface area contributed by atoms with E-state index in [0.717, 1.165) is 22.1 Å². The summed E-state index contributed by atoms with van der Waals surface area (Å²) >= 11 is 6.33. The van der Waals surface area contributed by atoms with Crippen LogP contribution in [-0.2, 0) is 11.2 Å². The van der Waals surface area contributed by atoms with Crippen LogP contribution in [0.3, 0.4) is 0 Å². The molecule has 3 aromatic rings. The highest BCUT2D eigenvalue weighted by atomic mass is 35.5. The molecule has 1 amide bonds. The summed E-state index contributed by atoms with van der Waals surface area (Å²) in [5.41, 5.74) is 3.63. The predicted octanol–water partition coefficient (Wildman–Crippen LogP) is 4.41. The summed E-state index contributed by atoms with van der Waals surface area (Å²) in [5, 5.41) is 4.55. The highest BCUT2D eigenvalue weighted by Crippen LogP contribution is 2.25. The van der Waals surface area contributed by atoms with Gasteiger partial charge in [-0.05, 0) is 63.2 Å². The molecule has 1 unspecified atom stereocenters. The minimum atomic E-state index is -0.374. The van der Waals surface area contributed by atoms with Crippen LogP contribution in [0, 0.1) is 13.8 Å². The average Bonchev–Trinajstić information content (AvgIpc) is 2.68. The lowest BCUT2D eigenvalue weighted by atomic mass is 10.0. The van der Waals surface area contributed by atoms with E-state index in [-0.39, 0.29) is 24.0 Å². The number of nitrogens with one attached hydrogen (secondary N) is 1. The van der Waals surface area contributed by atoms with E-state index in [2.05, 4.69) is 5.32 Å². The number of aryl methyl sites for hydroxylation is 2. The average molecular weight is 427 g/mol. The van der Waals surface area contributed by atoms with Gasteiger partial charge < -0.3 is 14.6 Å². The van der Waals surface area contributed by atoms with Crippen LogP contribution >= 0.6 is 11.6 Å². The second-order valence-electron chi connectivity index (χ2n) is 7.80. The van der Waals surface area contributed by atoms with Gasteiger partial charge in [0.25, 0.3) is 0 Å². The van der Waals surface area contributed by atoms with Gasteiger partial charge in [0.1, 0.15) is 5.58 Å². The van der Waals surface area contributed by atoms with Crippen LogP contribution in [0.5, 0.6) is 0 Å². The highest BCUT2D eigenvalue weighted by molar-refractivity contribution is 6.31. The van der Waals surface area contributed by atoms with Crippen LogP contribution in [0.4, 0.5) is 0 Å². The number of nitrogens with zero attached hydrogens (tertiary/aromatic N) is 1. The van der Waals surface area contributed by atoms with Gasteiger partial charge in [0.05, 0.1) is 6.04 Å². The summed E-state index contributed by atoms with van der Waals surface area (Å²) in [5.74, 6) is -0.114. The van der Waals surface area contributed by atoms with Gasteiger partial charge in [0.2, 0.25) is 5.91 Å². The predicted molar refractivity (Wildman–Crippen MR) is 121 cm³/mol. The van der Waals surface area contributed by atoms with Crippen molar-refractivity contribution in [2.75, 3.05) is 20.6 Å². The number of carbonyl (C=O) groups excluding carboxylic acids is 1. The Morgan fingerprint density at radius 2 is 1.90 bits per heavy atom. The Morgan fingerprint density at radius 1 is 1.17 bits per heavy atom. The van der Waals surface area contributed by atoms with Crippen molar-refractivity contribution >= 4 is 28.5 Å². The summed E-state index contributed by atoms with van der Waals surface area (Å²) in [6.07, 6.45) is 0.550. The molecule has 1 heterocycles. The molecule has 30 heavy (non-hydrogen) atoms. The lowest BCUT2D eigenvalue weighted by Gasteiger charge is -2.26. The first-order valence-corrected chi connectivity index (χ1v) is 10.4. The van der Waals surface area contributed by atoms with Crippen LogP contribution in [0.2, 0.25) is 5.02 Å². The van der Waals surface area contributed by atoms with Crippen molar-refractivity contribution in [1.82, 2.24) is 10.2 Å². The van der Waals surface area contributed by atoms with Gasteiger partial charge in [0.15, 0.2) is 0 Å². The van der Waals surface area contributed by atoms with Gasteiger partial charge in [-0.2, -0.15) is 0 Å². The lowest BCUT2D eigenvalue weighted by molar-refractivity contribution is -0.121. The molecule has 0 radical (unpaired) electrons. The molecule has 0 spiro atoms. The molecule has 3 rings (SSSR count). The SMILES string of the molecule is Cc1ccc2c(C)c(CCC(=O)NCC(c3ccccc3Cl)N(C)C)c(=O)oc2c1. The Kier molecular flexibility index (Phi) is 6.95. The number of rotatable bonds is 7. The normalized spacial score (nSPS) is 12.3. The molecule has 6 heteroatoms. The zero-order chi connectivity index (χ0) is 21.8. The van der Waals surface area contributed by atoms with Crippen molar-refractivity contribution in [1.29, 1.82) is 0 Å². The van der Waals surface area contributed by atoms with Crippen LogP contribution in [0.1, 0.15) is 34.7 Å². The Bertz CT molecular complexity index is 1120. The third kappa shape index (κ3) is 4.91. The van der Waals surface area contributed by atoms with Crippen LogP contribution < -0.4 is 10.9 Å². The molecular formula is C24H27ClN2O3. The monoisotopic (exact) mass is 426 g/mol. The number of benzene rings is 2. The molecule has 1 N–H and O–H groups in total. The molecule has 1 atom stereocenters. The first kappa shape index (κ1) is 22.1. The van der Waals surface area contributed by atoms with E-state index in [1.165, 1.54) is 0 Å². The van der Waals surface area contributed by atoms with Crippen LogP contribution in [-0.4, -0.2) is 31.4 Å².